The first-order chi connectivity index (χ1) is 27.7. The Balaban J connectivity index is 1.05. The molecule has 0 N–H and O–H groups in total. The molecule has 0 aliphatic heterocycles. The van der Waals surface area contributed by atoms with Crippen molar-refractivity contribution in [3.63, 3.8) is 0 Å². The van der Waals surface area contributed by atoms with Gasteiger partial charge in [-0.05, 0) is 87.9 Å². The van der Waals surface area contributed by atoms with E-state index >= 15 is 0 Å². The van der Waals surface area contributed by atoms with Gasteiger partial charge in [0.25, 0.3) is 0 Å². The van der Waals surface area contributed by atoms with Gasteiger partial charge in [0, 0.05) is 53.7 Å². The van der Waals surface area contributed by atoms with Gasteiger partial charge >= 0.3 is 0 Å². The highest BCUT2D eigenvalue weighted by atomic mass is 32.1. The van der Waals surface area contributed by atoms with E-state index < -0.39 is 0 Å². The molecule has 0 spiro atoms. The Bertz CT molecular complexity index is 3250. The van der Waals surface area contributed by atoms with Crippen LogP contribution in [0.4, 0.5) is 17.1 Å². The van der Waals surface area contributed by atoms with Crippen molar-refractivity contribution in [1.82, 2.24) is 9.97 Å². The Labute approximate surface area is 328 Å². The first-order valence-electron chi connectivity index (χ1n) is 18.9. The molecule has 4 heteroatoms. The van der Waals surface area contributed by atoms with Crippen LogP contribution in [-0.4, -0.2) is 9.97 Å². The van der Waals surface area contributed by atoms with Crippen molar-refractivity contribution in [2.75, 3.05) is 4.90 Å². The average molecular weight is 732 g/mol. The molecule has 262 valence electrons. The lowest BCUT2D eigenvalue weighted by Gasteiger charge is -2.26. The van der Waals surface area contributed by atoms with Crippen LogP contribution in [0.2, 0.25) is 0 Å². The maximum Gasteiger partial charge on any atom is 0.0979 e. The van der Waals surface area contributed by atoms with Gasteiger partial charge in [-0.1, -0.05) is 140 Å². The van der Waals surface area contributed by atoms with Gasteiger partial charge in [-0.15, -0.1) is 11.3 Å². The van der Waals surface area contributed by atoms with E-state index in [9.17, 15) is 0 Å². The van der Waals surface area contributed by atoms with Crippen molar-refractivity contribution < 1.29 is 0 Å². The van der Waals surface area contributed by atoms with Gasteiger partial charge in [-0.25, -0.2) is 9.97 Å². The fourth-order valence-corrected chi connectivity index (χ4v) is 9.23. The molecule has 0 atom stereocenters. The summed E-state index contributed by atoms with van der Waals surface area (Å²) in [5.41, 5.74) is 11.3. The van der Waals surface area contributed by atoms with E-state index in [0.29, 0.717) is 0 Å². The lowest BCUT2D eigenvalue weighted by atomic mass is 9.96. The quantitative estimate of drug-likeness (QED) is 0.159. The van der Waals surface area contributed by atoms with Crippen LogP contribution in [0.3, 0.4) is 0 Å². The minimum atomic E-state index is 0.884. The summed E-state index contributed by atoms with van der Waals surface area (Å²) >= 11 is 1.85. The smallest absolute Gasteiger partial charge is 0.0979 e. The molecule has 0 aliphatic rings. The SMILES string of the molecule is c1ccc(-c2nc3ccc4ccc5cc(-c6cccc(N(c7ccccc7)c7ccc8sc9ccccc9c8c7)c6)ccc5c4c3nc2-c2ccccc2)cc1. The maximum atomic E-state index is 5.43. The van der Waals surface area contributed by atoms with Gasteiger partial charge in [-0.2, -0.15) is 0 Å². The van der Waals surface area contributed by atoms with Crippen LogP contribution in [0.5, 0.6) is 0 Å². The summed E-state index contributed by atoms with van der Waals surface area (Å²) in [6.45, 7) is 0. The molecular weight excluding hydrogens is 699 g/mol. The zero-order valence-electron chi connectivity index (χ0n) is 30.3. The minimum absolute atomic E-state index is 0.884. The van der Waals surface area contributed by atoms with Crippen LogP contribution in [-0.2, 0) is 0 Å². The topological polar surface area (TPSA) is 29.0 Å². The number of rotatable bonds is 6. The molecule has 2 aromatic heterocycles. The van der Waals surface area contributed by atoms with Gasteiger partial charge < -0.3 is 4.90 Å². The van der Waals surface area contributed by atoms with Crippen LogP contribution in [0.15, 0.2) is 200 Å². The van der Waals surface area contributed by atoms with Crippen LogP contribution >= 0.6 is 11.3 Å². The molecule has 0 amide bonds. The van der Waals surface area contributed by atoms with Crippen LogP contribution in [0, 0.1) is 0 Å². The third kappa shape index (κ3) is 5.50. The number of thiophene rings is 1. The second kappa shape index (κ2) is 13.3. The van der Waals surface area contributed by atoms with Crippen molar-refractivity contribution in [1.29, 1.82) is 0 Å². The highest BCUT2D eigenvalue weighted by molar-refractivity contribution is 7.25. The van der Waals surface area contributed by atoms with Gasteiger partial charge in [0.2, 0.25) is 0 Å². The Kier molecular flexibility index (Phi) is 7.68. The zero-order valence-corrected chi connectivity index (χ0v) is 31.1. The molecule has 2 heterocycles. The third-order valence-corrected chi connectivity index (χ3v) is 11.9. The monoisotopic (exact) mass is 731 g/mol. The van der Waals surface area contributed by atoms with Gasteiger partial charge in [0.15, 0.2) is 0 Å². The zero-order chi connectivity index (χ0) is 37.0. The van der Waals surface area contributed by atoms with E-state index in [1.165, 1.54) is 20.2 Å². The van der Waals surface area contributed by atoms with Gasteiger partial charge in [0.1, 0.15) is 0 Å². The second-order valence-corrected chi connectivity index (χ2v) is 15.3. The van der Waals surface area contributed by atoms with Gasteiger partial charge in [0.05, 0.1) is 22.4 Å². The largest absolute Gasteiger partial charge is 0.310 e. The van der Waals surface area contributed by atoms with E-state index in [2.05, 4.69) is 193 Å². The normalized spacial score (nSPS) is 11.6. The Morgan fingerprint density at radius 3 is 1.77 bits per heavy atom. The van der Waals surface area contributed by atoms with E-state index in [-0.39, 0.29) is 0 Å². The number of benzene rings is 9. The number of fused-ring (bicyclic) bond motifs is 8. The molecule has 11 rings (SSSR count). The summed E-state index contributed by atoms with van der Waals surface area (Å²) in [7, 11) is 0. The molecular formula is C52H33N3S. The first kappa shape index (κ1) is 32.3. The van der Waals surface area contributed by atoms with Crippen LogP contribution in [0.1, 0.15) is 0 Å². The molecule has 0 unspecified atom stereocenters. The molecule has 56 heavy (non-hydrogen) atoms. The molecule has 0 fully saturated rings. The third-order valence-electron chi connectivity index (χ3n) is 10.8. The molecule has 0 radical (unpaired) electrons. The fourth-order valence-electron chi connectivity index (χ4n) is 8.14. The number of nitrogens with zero attached hydrogens (tertiary/aromatic N) is 3. The summed E-state index contributed by atoms with van der Waals surface area (Å²) < 4.78 is 2.61. The number of aromatic nitrogens is 2. The van der Waals surface area contributed by atoms with Crippen molar-refractivity contribution in [3.05, 3.63) is 200 Å². The fraction of sp³-hybridized carbons (Fsp3) is 0. The molecule has 0 saturated carbocycles. The number of para-hydroxylation sites is 1. The highest BCUT2D eigenvalue weighted by Crippen LogP contribution is 2.42. The standard InChI is InChI=1S/C52H33N3S/c1-4-13-35(14-5-1)50-51(36-15-6-2-7-16-36)54-52-46(53-50)29-26-34-23-24-39-31-38(25-28-43(39)49(34)52)37-17-12-20-41(32-37)55(40-18-8-3-9-19-40)42-27-30-48-45(33-42)44-21-10-11-22-47(44)56-48/h1-33H. The summed E-state index contributed by atoms with van der Waals surface area (Å²) in [6.07, 6.45) is 0. The summed E-state index contributed by atoms with van der Waals surface area (Å²) in [4.78, 5) is 13.1. The van der Waals surface area contributed by atoms with Crippen LogP contribution < -0.4 is 4.90 Å². The average Bonchev–Trinajstić information content (AvgIpc) is 3.65. The molecule has 0 aliphatic carbocycles. The maximum absolute atomic E-state index is 5.43. The summed E-state index contributed by atoms with van der Waals surface area (Å²) in [5, 5.41) is 7.18. The number of hydrogen-bond donors (Lipinski definition) is 0. The van der Waals surface area contributed by atoms with E-state index in [1.807, 2.05) is 23.5 Å². The molecule has 9 aromatic carbocycles. The van der Waals surface area contributed by atoms with Gasteiger partial charge in [-0.3, -0.25) is 0 Å². The van der Waals surface area contributed by atoms with E-state index in [4.69, 9.17) is 9.97 Å². The minimum Gasteiger partial charge on any atom is -0.310 e. The van der Waals surface area contributed by atoms with Crippen molar-refractivity contribution >= 4 is 81.1 Å². The summed E-state index contributed by atoms with van der Waals surface area (Å²) in [6, 6.07) is 71.4. The number of anilines is 3. The van der Waals surface area contributed by atoms with E-state index in [1.54, 1.807) is 0 Å². The highest BCUT2D eigenvalue weighted by Gasteiger charge is 2.18. The second-order valence-electron chi connectivity index (χ2n) is 14.2. The predicted octanol–water partition coefficient (Wildman–Crippen LogP) is 14.8. The van der Waals surface area contributed by atoms with Crippen molar-refractivity contribution in [2.24, 2.45) is 0 Å². The lowest BCUT2D eigenvalue weighted by Crippen LogP contribution is -2.09. The first-order valence-corrected chi connectivity index (χ1v) is 19.7. The molecule has 0 bridgehead atoms. The molecule has 3 nitrogen and oxygen atoms in total. The molecule has 0 saturated heterocycles. The summed E-state index contributed by atoms with van der Waals surface area (Å²) in [5.74, 6) is 0. The van der Waals surface area contributed by atoms with Crippen LogP contribution in [0.25, 0.3) is 86.4 Å². The molecule has 11 aromatic rings. The Hall–Kier alpha value is -7.14. The Morgan fingerprint density at radius 2 is 0.964 bits per heavy atom. The van der Waals surface area contributed by atoms with Crippen molar-refractivity contribution in [2.45, 2.75) is 0 Å². The lowest BCUT2D eigenvalue weighted by molar-refractivity contribution is 1.29. The Morgan fingerprint density at radius 1 is 0.357 bits per heavy atom. The van der Waals surface area contributed by atoms with Crippen molar-refractivity contribution in [3.8, 4) is 33.6 Å². The van der Waals surface area contributed by atoms with E-state index in [0.717, 1.165) is 83.3 Å². The predicted molar refractivity (Wildman–Crippen MR) is 238 cm³/mol. The number of hydrogen-bond acceptors (Lipinski definition) is 4.